The summed E-state index contributed by atoms with van der Waals surface area (Å²) in [5, 5.41) is 21.0. The van der Waals surface area contributed by atoms with Crippen LogP contribution in [0.1, 0.15) is 41.7 Å². The Morgan fingerprint density at radius 2 is 1.92 bits per heavy atom. The van der Waals surface area contributed by atoms with Crippen molar-refractivity contribution in [1.82, 2.24) is 19.9 Å². The van der Waals surface area contributed by atoms with Gasteiger partial charge in [0, 0.05) is 12.7 Å². The number of pyridine rings is 1. The van der Waals surface area contributed by atoms with Gasteiger partial charge in [-0.1, -0.05) is 26.0 Å². The van der Waals surface area contributed by atoms with Gasteiger partial charge in [-0.15, -0.1) is 10.2 Å². The van der Waals surface area contributed by atoms with Gasteiger partial charge < -0.3 is 10.4 Å². The Labute approximate surface area is 144 Å². The summed E-state index contributed by atoms with van der Waals surface area (Å²) in [5.74, 6) is -0.212. The summed E-state index contributed by atoms with van der Waals surface area (Å²) in [7, 11) is 0. The number of aromatic nitrogens is 3. The number of halogens is 1. The Morgan fingerprint density at radius 1 is 1.20 bits per heavy atom. The summed E-state index contributed by atoms with van der Waals surface area (Å²) in [5.41, 5.74) is 1.78. The summed E-state index contributed by atoms with van der Waals surface area (Å²) in [4.78, 5) is 12.4. The van der Waals surface area contributed by atoms with Gasteiger partial charge in [-0.05, 0) is 35.7 Å². The van der Waals surface area contributed by atoms with Gasteiger partial charge in [0.2, 0.25) is 0 Å². The number of rotatable bonds is 5. The molecule has 7 heteroatoms. The van der Waals surface area contributed by atoms with Crippen molar-refractivity contribution < 1.29 is 14.3 Å². The van der Waals surface area contributed by atoms with Crippen molar-refractivity contribution in [2.75, 3.05) is 0 Å². The Balaban J connectivity index is 1.79. The molecule has 0 aliphatic rings. The highest BCUT2D eigenvalue weighted by molar-refractivity contribution is 5.94. The molecule has 1 atom stereocenters. The van der Waals surface area contributed by atoms with E-state index in [4.69, 9.17) is 0 Å². The molecule has 25 heavy (non-hydrogen) atoms. The third-order valence-corrected chi connectivity index (χ3v) is 3.95. The second-order valence-corrected chi connectivity index (χ2v) is 6.20. The molecule has 0 bridgehead atoms. The topological polar surface area (TPSA) is 79.5 Å². The summed E-state index contributed by atoms with van der Waals surface area (Å²) in [6.45, 7) is 4.05. The number of hydrogen-bond donors (Lipinski definition) is 2. The van der Waals surface area contributed by atoms with Crippen LogP contribution in [0.2, 0.25) is 0 Å². The molecule has 1 unspecified atom stereocenters. The van der Waals surface area contributed by atoms with Gasteiger partial charge in [-0.3, -0.25) is 9.20 Å². The van der Waals surface area contributed by atoms with Crippen LogP contribution in [0, 0.1) is 11.7 Å². The maximum Gasteiger partial charge on any atom is 0.253 e. The Kier molecular flexibility index (Phi) is 4.76. The molecule has 0 saturated heterocycles. The van der Waals surface area contributed by atoms with Crippen molar-refractivity contribution in [1.29, 1.82) is 0 Å². The third-order valence-electron chi connectivity index (χ3n) is 3.95. The largest absolute Gasteiger partial charge is 0.385 e. The zero-order chi connectivity index (χ0) is 18.0. The molecular formula is C18H19FN4O2. The standard InChI is InChI=1S/C18H19FN4O2/c1-11(2)16(24)17-22-21-15-8-5-13(10-23(15)17)18(25)20-9-12-3-6-14(19)7-4-12/h3-8,10-11,16,24H,9H2,1-2H3,(H,20,25). The third kappa shape index (κ3) is 3.66. The molecule has 2 heterocycles. The molecule has 0 spiro atoms. The first-order chi connectivity index (χ1) is 12.0. The smallest absolute Gasteiger partial charge is 0.253 e. The minimum Gasteiger partial charge on any atom is -0.385 e. The van der Waals surface area contributed by atoms with E-state index in [1.54, 1.807) is 34.9 Å². The molecule has 0 saturated carbocycles. The fraction of sp³-hybridized carbons (Fsp3) is 0.278. The van der Waals surface area contributed by atoms with Gasteiger partial charge in [0.15, 0.2) is 11.5 Å². The first-order valence-corrected chi connectivity index (χ1v) is 8.01. The number of nitrogens with one attached hydrogen (secondary N) is 1. The number of carbonyl (C=O) groups is 1. The molecule has 6 nitrogen and oxygen atoms in total. The molecule has 3 aromatic rings. The number of hydrogen-bond acceptors (Lipinski definition) is 4. The molecule has 0 fully saturated rings. The molecule has 2 N–H and O–H groups in total. The summed E-state index contributed by atoms with van der Waals surface area (Å²) in [6.07, 6.45) is 0.837. The van der Waals surface area contributed by atoms with Gasteiger partial charge in [0.25, 0.3) is 5.91 Å². The molecule has 1 aromatic carbocycles. The van der Waals surface area contributed by atoms with Crippen molar-refractivity contribution in [3.63, 3.8) is 0 Å². The maximum atomic E-state index is 12.9. The predicted octanol–water partition coefficient (Wildman–Crippen LogP) is 2.49. The van der Waals surface area contributed by atoms with E-state index in [9.17, 15) is 14.3 Å². The van der Waals surface area contributed by atoms with Crippen LogP contribution in [0.4, 0.5) is 4.39 Å². The minimum atomic E-state index is -0.771. The molecule has 0 aliphatic heterocycles. The normalized spacial score (nSPS) is 12.5. The fourth-order valence-corrected chi connectivity index (χ4v) is 2.43. The van der Waals surface area contributed by atoms with Crippen LogP contribution in [-0.4, -0.2) is 25.6 Å². The molecule has 0 aliphatic carbocycles. The SMILES string of the molecule is CC(C)C(O)c1nnc2ccc(C(=O)NCc3ccc(F)cc3)cn12. The van der Waals surface area contributed by atoms with Crippen molar-refractivity contribution in [2.24, 2.45) is 5.92 Å². The van der Waals surface area contributed by atoms with E-state index in [2.05, 4.69) is 15.5 Å². The lowest BCUT2D eigenvalue weighted by molar-refractivity contribution is 0.0949. The Morgan fingerprint density at radius 3 is 2.60 bits per heavy atom. The molecular weight excluding hydrogens is 323 g/mol. The lowest BCUT2D eigenvalue weighted by atomic mass is 10.1. The highest BCUT2D eigenvalue weighted by atomic mass is 19.1. The van der Waals surface area contributed by atoms with E-state index in [1.807, 2.05) is 13.8 Å². The minimum absolute atomic E-state index is 0.0247. The van der Waals surface area contributed by atoms with E-state index in [1.165, 1.54) is 12.1 Å². The van der Waals surface area contributed by atoms with Gasteiger partial charge in [-0.25, -0.2) is 4.39 Å². The van der Waals surface area contributed by atoms with E-state index in [0.717, 1.165) is 5.56 Å². The van der Waals surface area contributed by atoms with Gasteiger partial charge in [0.05, 0.1) is 5.56 Å². The zero-order valence-electron chi connectivity index (χ0n) is 14.0. The number of fused-ring (bicyclic) bond motifs is 1. The molecule has 0 radical (unpaired) electrons. The predicted molar refractivity (Wildman–Crippen MR) is 90.4 cm³/mol. The van der Waals surface area contributed by atoms with Crippen LogP contribution >= 0.6 is 0 Å². The highest BCUT2D eigenvalue weighted by Crippen LogP contribution is 2.20. The van der Waals surface area contributed by atoms with E-state index >= 15 is 0 Å². The van der Waals surface area contributed by atoms with E-state index in [-0.39, 0.29) is 17.6 Å². The van der Waals surface area contributed by atoms with Gasteiger partial charge >= 0.3 is 0 Å². The van der Waals surface area contributed by atoms with Crippen molar-refractivity contribution >= 4 is 11.6 Å². The number of aliphatic hydroxyl groups excluding tert-OH is 1. The zero-order valence-corrected chi connectivity index (χ0v) is 14.0. The lowest BCUT2D eigenvalue weighted by Crippen LogP contribution is -2.23. The second kappa shape index (κ2) is 6.98. The average molecular weight is 342 g/mol. The van der Waals surface area contributed by atoms with Crippen LogP contribution < -0.4 is 5.32 Å². The second-order valence-electron chi connectivity index (χ2n) is 6.20. The van der Waals surface area contributed by atoms with Crippen LogP contribution in [0.15, 0.2) is 42.6 Å². The fourth-order valence-electron chi connectivity index (χ4n) is 2.43. The van der Waals surface area contributed by atoms with Crippen LogP contribution in [0.25, 0.3) is 5.65 Å². The molecule has 3 rings (SSSR count). The lowest BCUT2D eigenvalue weighted by Gasteiger charge is -2.12. The van der Waals surface area contributed by atoms with Crippen molar-refractivity contribution in [2.45, 2.75) is 26.5 Å². The number of benzene rings is 1. The van der Waals surface area contributed by atoms with E-state index in [0.29, 0.717) is 23.6 Å². The van der Waals surface area contributed by atoms with Crippen molar-refractivity contribution in [3.8, 4) is 0 Å². The molecule has 2 aromatic heterocycles. The Hall–Kier alpha value is -2.80. The summed E-state index contributed by atoms with van der Waals surface area (Å²) >= 11 is 0. The number of amides is 1. The number of carbonyl (C=O) groups excluding carboxylic acids is 1. The first kappa shape index (κ1) is 17.0. The monoisotopic (exact) mass is 342 g/mol. The van der Waals surface area contributed by atoms with Crippen molar-refractivity contribution in [3.05, 3.63) is 65.4 Å². The van der Waals surface area contributed by atoms with Gasteiger partial charge in [-0.2, -0.15) is 0 Å². The van der Waals surface area contributed by atoms with E-state index < -0.39 is 6.10 Å². The molecule has 1 amide bonds. The maximum absolute atomic E-state index is 12.9. The first-order valence-electron chi connectivity index (χ1n) is 8.01. The van der Waals surface area contributed by atoms with Crippen LogP contribution in [0.5, 0.6) is 0 Å². The number of aliphatic hydroxyl groups is 1. The van der Waals surface area contributed by atoms with Crippen LogP contribution in [0.3, 0.4) is 0 Å². The summed E-state index contributed by atoms with van der Waals surface area (Å²) < 4.78 is 14.5. The summed E-state index contributed by atoms with van der Waals surface area (Å²) in [6, 6.07) is 9.27. The van der Waals surface area contributed by atoms with Crippen LogP contribution in [-0.2, 0) is 6.54 Å². The quantitative estimate of drug-likeness (QED) is 0.747. The molecule has 130 valence electrons. The average Bonchev–Trinajstić information content (AvgIpc) is 3.03. The Bertz CT molecular complexity index is 890. The van der Waals surface area contributed by atoms with Gasteiger partial charge in [0.1, 0.15) is 11.9 Å². The number of nitrogens with zero attached hydrogens (tertiary/aromatic N) is 3. The highest BCUT2D eigenvalue weighted by Gasteiger charge is 2.19.